The molecule has 6 nitrogen and oxygen atoms in total. The molecule has 0 saturated carbocycles. The first kappa shape index (κ1) is 20.3. The van der Waals surface area contributed by atoms with Crippen molar-refractivity contribution < 1.29 is 19.4 Å². The van der Waals surface area contributed by atoms with Crippen LogP contribution in [0.1, 0.15) is 29.7 Å². The van der Waals surface area contributed by atoms with Gasteiger partial charge in [0.1, 0.15) is 11.5 Å². The predicted octanol–water partition coefficient (Wildman–Crippen LogP) is 4.10. The number of nitrogens with zero attached hydrogens (tertiary/aromatic N) is 2. The van der Waals surface area contributed by atoms with E-state index in [1.54, 1.807) is 18.2 Å². The highest BCUT2D eigenvalue weighted by atomic mass is 16.5. The van der Waals surface area contributed by atoms with Crippen LogP contribution < -0.4 is 4.74 Å². The molecule has 1 fully saturated rings. The van der Waals surface area contributed by atoms with Crippen molar-refractivity contribution in [2.45, 2.75) is 19.5 Å². The van der Waals surface area contributed by atoms with Crippen LogP contribution in [-0.4, -0.2) is 33.3 Å². The Labute approximate surface area is 180 Å². The minimum Gasteiger partial charge on any atom is -0.507 e. The number of aliphatic hydroxyl groups is 1. The first-order valence-electron chi connectivity index (χ1n) is 10.1. The highest BCUT2D eigenvalue weighted by molar-refractivity contribution is 6.46. The van der Waals surface area contributed by atoms with E-state index in [0.29, 0.717) is 23.5 Å². The summed E-state index contributed by atoms with van der Waals surface area (Å²) in [6, 6.07) is 19.2. The van der Waals surface area contributed by atoms with Gasteiger partial charge in [-0.1, -0.05) is 42.5 Å². The van der Waals surface area contributed by atoms with Crippen LogP contribution in [0.4, 0.5) is 0 Å². The summed E-state index contributed by atoms with van der Waals surface area (Å²) < 4.78 is 5.62. The van der Waals surface area contributed by atoms with Gasteiger partial charge in [-0.05, 0) is 42.3 Å². The van der Waals surface area contributed by atoms with Crippen LogP contribution in [0.5, 0.6) is 5.75 Å². The van der Waals surface area contributed by atoms with Crippen molar-refractivity contribution in [2.75, 3.05) is 6.61 Å². The minimum atomic E-state index is -0.742. The lowest BCUT2D eigenvalue weighted by molar-refractivity contribution is -0.140. The molecule has 1 amide bonds. The van der Waals surface area contributed by atoms with E-state index in [1.165, 1.54) is 17.3 Å². The number of ether oxygens (including phenoxy) is 1. The molecule has 31 heavy (non-hydrogen) atoms. The maximum Gasteiger partial charge on any atom is 0.295 e. The molecule has 6 heteroatoms. The number of rotatable bonds is 6. The average Bonchev–Trinajstić information content (AvgIpc) is 3.05. The molecule has 1 N–H and O–H groups in total. The smallest absolute Gasteiger partial charge is 0.295 e. The van der Waals surface area contributed by atoms with Crippen molar-refractivity contribution in [3.05, 3.63) is 101 Å². The second kappa shape index (κ2) is 8.83. The molecule has 4 rings (SSSR count). The Morgan fingerprint density at radius 2 is 1.77 bits per heavy atom. The molecule has 1 saturated heterocycles. The Balaban J connectivity index is 1.86. The quantitative estimate of drug-likeness (QED) is 0.373. The number of aromatic nitrogens is 1. The molecule has 156 valence electrons. The summed E-state index contributed by atoms with van der Waals surface area (Å²) in [5.41, 5.74) is 2.07. The summed E-state index contributed by atoms with van der Waals surface area (Å²) in [7, 11) is 0. The zero-order valence-electron chi connectivity index (χ0n) is 17.1. The van der Waals surface area contributed by atoms with Gasteiger partial charge in [0.15, 0.2) is 0 Å². The van der Waals surface area contributed by atoms with Gasteiger partial charge in [-0.3, -0.25) is 14.6 Å². The molecule has 1 aromatic heterocycles. The number of benzene rings is 2. The number of hydrogen-bond donors (Lipinski definition) is 1. The number of aliphatic hydroxyl groups excluding tert-OH is 1. The highest BCUT2D eigenvalue weighted by Gasteiger charge is 2.46. The van der Waals surface area contributed by atoms with Crippen molar-refractivity contribution in [3.63, 3.8) is 0 Å². The topological polar surface area (TPSA) is 79.7 Å². The number of ketones is 1. The van der Waals surface area contributed by atoms with Crippen LogP contribution in [0.2, 0.25) is 0 Å². The molecule has 3 aromatic rings. The number of amides is 1. The zero-order valence-corrected chi connectivity index (χ0v) is 17.1. The Kier molecular flexibility index (Phi) is 5.80. The fraction of sp³-hybridized carbons (Fsp3) is 0.160. The standard InChI is InChI=1S/C25H22N2O4/c1-2-31-20-10-6-9-19(15-20)22-21(23(28)18-11-13-26-14-12-18)24(29)25(30)27(22)16-17-7-4-3-5-8-17/h3-15,22,28H,2,16H2,1H3. The average molecular weight is 414 g/mol. The van der Waals surface area contributed by atoms with Crippen LogP contribution >= 0.6 is 0 Å². The first-order chi connectivity index (χ1) is 15.1. The minimum absolute atomic E-state index is 0.0563. The van der Waals surface area contributed by atoms with Crippen molar-refractivity contribution in [1.29, 1.82) is 0 Å². The van der Waals surface area contributed by atoms with Gasteiger partial charge in [0.05, 0.1) is 18.2 Å². The third-order valence-electron chi connectivity index (χ3n) is 5.17. The maximum absolute atomic E-state index is 13.1. The Morgan fingerprint density at radius 1 is 1.03 bits per heavy atom. The number of pyridine rings is 1. The molecule has 0 spiro atoms. The largest absolute Gasteiger partial charge is 0.507 e. The normalized spacial score (nSPS) is 17.7. The van der Waals surface area contributed by atoms with Crippen LogP contribution in [0.25, 0.3) is 5.76 Å². The van der Waals surface area contributed by atoms with Gasteiger partial charge in [0, 0.05) is 24.5 Å². The summed E-state index contributed by atoms with van der Waals surface area (Å²) >= 11 is 0. The van der Waals surface area contributed by atoms with Crippen molar-refractivity contribution in [2.24, 2.45) is 0 Å². The zero-order chi connectivity index (χ0) is 21.8. The van der Waals surface area contributed by atoms with E-state index < -0.39 is 17.7 Å². The van der Waals surface area contributed by atoms with Crippen LogP contribution in [-0.2, 0) is 16.1 Å². The van der Waals surface area contributed by atoms with Crippen molar-refractivity contribution in [3.8, 4) is 5.75 Å². The summed E-state index contributed by atoms with van der Waals surface area (Å²) in [5.74, 6) is -0.944. The first-order valence-corrected chi connectivity index (χ1v) is 10.1. The molecule has 1 aliphatic rings. The van der Waals surface area contributed by atoms with Gasteiger partial charge in [0.25, 0.3) is 11.7 Å². The van der Waals surface area contributed by atoms with Crippen LogP contribution in [0, 0.1) is 0 Å². The summed E-state index contributed by atoms with van der Waals surface area (Å²) in [5, 5.41) is 11.0. The van der Waals surface area contributed by atoms with Crippen LogP contribution in [0.3, 0.4) is 0 Å². The SMILES string of the molecule is CCOc1cccc(C2C(=C(O)c3ccncc3)C(=O)C(=O)N2Cc2ccccc2)c1. The van der Waals surface area contributed by atoms with E-state index in [1.807, 2.05) is 55.5 Å². The van der Waals surface area contributed by atoms with Gasteiger partial charge in [-0.15, -0.1) is 0 Å². The third kappa shape index (κ3) is 4.05. The second-order valence-corrected chi connectivity index (χ2v) is 7.15. The molecule has 1 unspecified atom stereocenters. The molecule has 0 aliphatic carbocycles. The molecule has 0 radical (unpaired) electrons. The van der Waals surface area contributed by atoms with Gasteiger partial charge < -0.3 is 14.7 Å². The number of carbonyl (C=O) groups is 2. The number of likely N-dealkylation sites (tertiary alicyclic amines) is 1. The monoisotopic (exact) mass is 414 g/mol. The summed E-state index contributed by atoms with van der Waals surface area (Å²) in [6.45, 7) is 2.62. The molecule has 1 aliphatic heterocycles. The van der Waals surface area contributed by atoms with Crippen molar-refractivity contribution in [1.82, 2.24) is 9.88 Å². The number of hydrogen-bond acceptors (Lipinski definition) is 5. The van der Waals surface area contributed by atoms with E-state index in [4.69, 9.17) is 4.74 Å². The fourth-order valence-corrected chi connectivity index (χ4v) is 3.78. The van der Waals surface area contributed by atoms with Gasteiger partial charge in [-0.2, -0.15) is 0 Å². The third-order valence-corrected chi connectivity index (χ3v) is 5.17. The van der Waals surface area contributed by atoms with E-state index in [2.05, 4.69) is 4.98 Å². The molecular weight excluding hydrogens is 392 g/mol. The Bertz CT molecular complexity index is 1130. The lowest BCUT2D eigenvalue weighted by atomic mass is 9.95. The van der Waals surface area contributed by atoms with Crippen molar-refractivity contribution >= 4 is 17.4 Å². The van der Waals surface area contributed by atoms with E-state index in [0.717, 1.165) is 5.56 Å². The molecule has 2 aromatic carbocycles. The highest BCUT2D eigenvalue weighted by Crippen LogP contribution is 2.41. The lowest BCUT2D eigenvalue weighted by Gasteiger charge is -2.25. The molecule has 1 atom stereocenters. The van der Waals surface area contributed by atoms with E-state index in [-0.39, 0.29) is 17.9 Å². The predicted molar refractivity (Wildman–Crippen MR) is 116 cm³/mol. The second-order valence-electron chi connectivity index (χ2n) is 7.15. The van der Waals surface area contributed by atoms with Gasteiger partial charge in [-0.25, -0.2) is 0 Å². The van der Waals surface area contributed by atoms with E-state index >= 15 is 0 Å². The fourth-order valence-electron chi connectivity index (χ4n) is 3.78. The van der Waals surface area contributed by atoms with Gasteiger partial charge >= 0.3 is 0 Å². The number of Topliss-reactive ketones (excluding diaryl/α,β-unsaturated/α-hetero) is 1. The summed E-state index contributed by atoms with van der Waals surface area (Å²) in [6.07, 6.45) is 3.06. The van der Waals surface area contributed by atoms with Crippen LogP contribution in [0.15, 0.2) is 84.7 Å². The summed E-state index contributed by atoms with van der Waals surface area (Å²) in [4.78, 5) is 31.5. The molecule has 2 heterocycles. The van der Waals surface area contributed by atoms with E-state index in [9.17, 15) is 14.7 Å². The van der Waals surface area contributed by atoms with Gasteiger partial charge in [0.2, 0.25) is 0 Å². The molecule has 0 bridgehead atoms. The Morgan fingerprint density at radius 3 is 2.48 bits per heavy atom. The number of carbonyl (C=O) groups excluding carboxylic acids is 2. The molecular formula is C25H22N2O4. The lowest BCUT2D eigenvalue weighted by Crippen LogP contribution is -2.29. The Hall–Kier alpha value is -3.93. The maximum atomic E-state index is 13.1.